The number of aryl methyl sites for hydroxylation is 2. The average molecular weight is 250 g/mol. The molecule has 1 fully saturated rings. The van der Waals surface area contributed by atoms with E-state index in [1.54, 1.807) is 0 Å². The highest BCUT2D eigenvalue weighted by Gasteiger charge is 2.34. The molecule has 0 spiro atoms. The number of amides is 1. The van der Waals surface area contributed by atoms with Gasteiger partial charge in [-0.2, -0.15) is 5.10 Å². The zero-order valence-electron chi connectivity index (χ0n) is 11.4. The van der Waals surface area contributed by atoms with E-state index in [0.29, 0.717) is 13.0 Å². The van der Waals surface area contributed by atoms with Gasteiger partial charge in [-0.25, -0.2) is 0 Å². The summed E-state index contributed by atoms with van der Waals surface area (Å²) in [5, 5.41) is 7.28. The van der Waals surface area contributed by atoms with Gasteiger partial charge in [-0.05, 0) is 33.1 Å². The summed E-state index contributed by atoms with van der Waals surface area (Å²) in [6, 6.07) is 0. The molecular formula is C13H22N4O. The van der Waals surface area contributed by atoms with Gasteiger partial charge in [0, 0.05) is 36.8 Å². The maximum atomic E-state index is 11.8. The van der Waals surface area contributed by atoms with E-state index in [1.807, 2.05) is 25.6 Å². The van der Waals surface area contributed by atoms with Gasteiger partial charge in [0.25, 0.3) is 0 Å². The summed E-state index contributed by atoms with van der Waals surface area (Å²) < 4.78 is 1.84. The molecule has 0 unspecified atom stereocenters. The maximum Gasteiger partial charge on any atom is 0.222 e. The van der Waals surface area contributed by atoms with Crippen molar-refractivity contribution in [3.05, 3.63) is 17.0 Å². The number of hydrogen-bond acceptors (Lipinski definition) is 3. The number of nitrogens with zero attached hydrogens (tertiary/aromatic N) is 2. The molecule has 5 heteroatoms. The van der Waals surface area contributed by atoms with Crippen LogP contribution in [0.5, 0.6) is 0 Å². The summed E-state index contributed by atoms with van der Waals surface area (Å²) in [6.07, 6.45) is 3.51. The first-order chi connectivity index (χ1) is 8.41. The molecule has 2 rings (SSSR count). The third-order valence-electron chi connectivity index (χ3n) is 3.98. The Hall–Kier alpha value is -1.36. The lowest BCUT2D eigenvalue weighted by Crippen LogP contribution is -2.49. The summed E-state index contributed by atoms with van der Waals surface area (Å²) in [5.41, 5.74) is 8.98. The number of hydrogen-bond donors (Lipinski definition) is 2. The lowest BCUT2D eigenvalue weighted by molar-refractivity contribution is -0.123. The van der Waals surface area contributed by atoms with Crippen molar-refractivity contribution >= 4 is 5.91 Å². The van der Waals surface area contributed by atoms with Crippen LogP contribution in [0.15, 0.2) is 0 Å². The molecular weight excluding hydrogens is 228 g/mol. The van der Waals surface area contributed by atoms with E-state index in [4.69, 9.17) is 5.73 Å². The van der Waals surface area contributed by atoms with Crippen LogP contribution in [0.3, 0.4) is 0 Å². The average Bonchev–Trinajstić information content (AvgIpc) is 2.49. The van der Waals surface area contributed by atoms with E-state index in [1.165, 1.54) is 0 Å². The molecule has 1 aliphatic carbocycles. The third-order valence-corrected chi connectivity index (χ3v) is 3.98. The van der Waals surface area contributed by atoms with Crippen LogP contribution in [-0.4, -0.2) is 21.2 Å². The first kappa shape index (κ1) is 13.1. The highest BCUT2D eigenvalue weighted by molar-refractivity contribution is 5.77. The van der Waals surface area contributed by atoms with Crippen molar-refractivity contribution < 1.29 is 4.79 Å². The molecule has 100 valence electrons. The lowest BCUT2D eigenvalue weighted by Gasteiger charge is -2.37. The molecule has 3 N–H and O–H groups in total. The Balaban J connectivity index is 1.89. The van der Waals surface area contributed by atoms with Gasteiger partial charge in [0.2, 0.25) is 5.91 Å². The summed E-state index contributed by atoms with van der Waals surface area (Å²) >= 11 is 0. The summed E-state index contributed by atoms with van der Waals surface area (Å²) in [5.74, 6) is 0.0415. The number of nitrogens with two attached hydrogens (primary N) is 1. The van der Waals surface area contributed by atoms with Crippen molar-refractivity contribution in [1.82, 2.24) is 15.1 Å². The molecule has 1 heterocycles. The minimum absolute atomic E-state index is 0.0415. The highest BCUT2D eigenvalue weighted by Crippen LogP contribution is 2.31. The molecule has 0 atom stereocenters. The Morgan fingerprint density at radius 1 is 1.50 bits per heavy atom. The molecule has 1 aromatic heterocycles. The number of carbonyl (C=O) groups is 1. The van der Waals surface area contributed by atoms with Crippen LogP contribution in [0.4, 0.5) is 0 Å². The fourth-order valence-electron chi connectivity index (χ4n) is 2.45. The van der Waals surface area contributed by atoms with E-state index in [2.05, 4.69) is 10.4 Å². The monoisotopic (exact) mass is 250 g/mol. The molecule has 1 saturated carbocycles. The van der Waals surface area contributed by atoms with Gasteiger partial charge >= 0.3 is 0 Å². The van der Waals surface area contributed by atoms with Gasteiger partial charge in [0.1, 0.15) is 0 Å². The summed E-state index contributed by atoms with van der Waals surface area (Å²) in [6.45, 7) is 4.52. The molecule has 18 heavy (non-hydrogen) atoms. The molecule has 1 aliphatic rings. The quantitative estimate of drug-likeness (QED) is 0.834. The van der Waals surface area contributed by atoms with Crippen LogP contribution < -0.4 is 11.1 Å². The number of aromatic nitrogens is 2. The topological polar surface area (TPSA) is 72.9 Å². The van der Waals surface area contributed by atoms with E-state index < -0.39 is 0 Å². The summed E-state index contributed by atoms with van der Waals surface area (Å²) in [7, 11) is 1.91. The minimum Gasteiger partial charge on any atom is -0.352 e. The van der Waals surface area contributed by atoms with Crippen molar-refractivity contribution in [3.8, 4) is 0 Å². The second-order valence-electron chi connectivity index (χ2n) is 5.44. The van der Waals surface area contributed by atoms with E-state index in [-0.39, 0.29) is 11.4 Å². The van der Waals surface area contributed by atoms with Crippen LogP contribution >= 0.6 is 0 Å². The number of rotatable bonds is 4. The lowest BCUT2D eigenvalue weighted by atomic mass is 9.75. The number of nitrogens with one attached hydrogen (secondary N) is 1. The van der Waals surface area contributed by atoms with Crippen LogP contribution in [-0.2, 0) is 18.4 Å². The molecule has 1 aromatic rings. The molecule has 0 radical (unpaired) electrons. The first-order valence-corrected chi connectivity index (χ1v) is 6.46. The Morgan fingerprint density at radius 3 is 2.61 bits per heavy atom. The van der Waals surface area contributed by atoms with Gasteiger partial charge in [0.15, 0.2) is 0 Å². The van der Waals surface area contributed by atoms with Crippen molar-refractivity contribution in [3.63, 3.8) is 0 Å². The Kier molecular flexibility index (Phi) is 3.43. The van der Waals surface area contributed by atoms with Crippen molar-refractivity contribution in [2.24, 2.45) is 12.8 Å². The van der Waals surface area contributed by atoms with E-state index in [0.717, 1.165) is 36.2 Å². The SMILES string of the molecule is Cc1nn(C)c(C)c1CNC(=O)CC1(N)CCC1. The standard InChI is InChI=1S/C13H22N4O/c1-9-11(10(2)17(3)16-9)8-15-12(18)7-13(14)5-4-6-13/h4-8,14H2,1-3H3,(H,15,18). The van der Waals surface area contributed by atoms with E-state index in [9.17, 15) is 4.79 Å². The first-order valence-electron chi connectivity index (χ1n) is 6.46. The van der Waals surface area contributed by atoms with Crippen LogP contribution in [0, 0.1) is 13.8 Å². The minimum atomic E-state index is -0.247. The van der Waals surface area contributed by atoms with Crippen LogP contribution in [0.1, 0.15) is 42.6 Å². The fourth-order valence-corrected chi connectivity index (χ4v) is 2.45. The third kappa shape index (κ3) is 2.56. The predicted octanol–water partition coefficient (Wildman–Crippen LogP) is 0.925. The molecule has 0 saturated heterocycles. The Labute approximate surface area is 108 Å². The van der Waals surface area contributed by atoms with Gasteiger partial charge in [-0.1, -0.05) is 0 Å². The van der Waals surface area contributed by atoms with Gasteiger partial charge in [-0.15, -0.1) is 0 Å². The Morgan fingerprint density at radius 2 is 2.17 bits per heavy atom. The highest BCUT2D eigenvalue weighted by atomic mass is 16.1. The smallest absolute Gasteiger partial charge is 0.222 e. The van der Waals surface area contributed by atoms with E-state index >= 15 is 0 Å². The van der Waals surface area contributed by atoms with Crippen molar-refractivity contribution in [2.75, 3.05) is 0 Å². The maximum absolute atomic E-state index is 11.8. The second-order valence-corrected chi connectivity index (χ2v) is 5.44. The molecule has 0 bridgehead atoms. The van der Waals surface area contributed by atoms with Gasteiger partial charge in [0.05, 0.1) is 5.69 Å². The normalized spacial score (nSPS) is 17.3. The fraction of sp³-hybridized carbons (Fsp3) is 0.692. The predicted molar refractivity (Wildman–Crippen MR) is 69.9 cm³/mol. The van der Waals surface area contributed by atoms with Crippen LogP contribution in [0.25, 0.3) is 0 Å². The molecule has 1 amide bonds. The van der Waals surface area contributed by atoms with Crippen molar-refractivity contribution in [1.29, 1.82) is 0 Å². The Bertz CT molecular complexity index is 460. The summed E-state index contributed by atoms with van der Waals surface area (Å²) in [4.78, 5) is 11.8. The van der Waals surface area contributed by atoms with Gasteiger partial charge in [-0.3, -0.25) is 9.48 Å². The second kappa shape index (κ2) is 4.72. The molecule has 5 nitrogen and oxygen atoms in total. The largest absolute Gasteiger partial charge is 0.352 e. The number of carbonyl (C=O) groups excluding carboxylic acids is 1. The zero-order chi connectivity index (χ0) is 13.3. The van der Waals surface area contributed by atoms with Crippen molar-refractivity contribution in [2.45, 2.75) is 51.6 Å². The van der Waals surface area contributed by atoms with Gasteiger partial charge < -0.3 is 11.1 Å². The zero-order valence-corrected chi connectivity index (χ0v) is 11.4. The molecule has 0 aliphatic heterocycles. The van der Waals surface area contributed by atoms with Crippen LogP contribution in [0.2, 0.25) is 0 Å². The molecule has 0 aromatic carbocycles.